The summed E-state index contributed by atoms with van der Waals surface area (Å²) < 4.78 is 0. The van der Waals surface area contributed by atoms with Crippen LogP contribution in [0.5, 0.6) is 5.75 Å². The molecule has 1 aliphatic heterocycles. The standard InChI is InChI=1S/C14H15N5O3/c20-11-4-1-5-15-13(11)14(22)16-8-12(21)19-6-2-3-9-10(19)7-17-18-9/h1,4-5,7,20H,2-3,6,8H2,(H,16,22)(H,17,18). The first-order valence-corrected chi connectivity index (χ1v) is 6.91. The highest BCUT2D eigenvalue weighted by molar-refractivity contribution is 6.00. The van der Waals surface area contributed by atoms with Gasteiger partial charge in [0.25, 0.3) is 5.91 Å². The number of rotatable bonds is 3. The number of H-pyrrole nitrogens is 1. The van der Waals surface area contributed by atoms with Crippen LogP contribution in [0.25, 0.3) is 0 Å². The van der Waals surface area contributed by atoms with Gasteiger partial charge in [-0.05, 0) is 25.0 Å². The van der Waals surface area contributed by atoms with Gasteiger partial charge in [0, 0.05) is 12.7 Å². The van der Waals surface area contributed by atoms with Gasteiger partial charge in [-0.15, -0.1) is 0 Å². The second-order valence-electron chi connectivity index (χ2n) is 4.94. The molecule has 0 aliphatic carbocycles. The first-order valence-electron chi connectivity index (χ1n) is 6.91. The number of aromatic amines is 1. The molecule has 0 fully saturated rings. The number of fused-ring (bicyclic) bond motifs is 1. The molecule has 3 N–H and O–H groups in total. The number of hydrogen-bond acceptors (Lipinski definition) is 5. The molecule has 3 heterocycles. The summed E-state index contributed by atoms with van der Waals surface area (Å²) in [5, 5.41) is 18.9. The molecule has 8 heteroatoms. The van der Waals surface area contributed by atoms with Gasteiger partial charge in [-0.25, -0.2) is 4.98 Å². The molecule has 1 aliphatic rings. The maximum Gasteiger partial charge on any atom is 0.274 e. The van der Waals surface area contributed by atoms with E-state index in [0.29, 0.717) is 6.54 Å². The van der Waals surface area contributed by atoms with Crippen LogP contribution in [0.15, 0.2) is 24.5 Å². The molecule has 2 aromatic rings. The Hall–Kier alpha value is -2.90. The topological polar surface area (TPSA) is 111 Å². The summed E-state index contributed by atoms with van der Waals surface area (Å²) in [7, 11) is 0. The largest absolute Gasteiger partial charge is 0.505 e. The van der Waals surface area contributed by atoms with Crippen molar-refractivity contribution < 1.29 is 14.7 Å². The van der Waals surface area contributed by atoms with Crippen LogP contribution in [0.3, 0.4) is 0 Å². The SMILES string of the molecule is O=C(NCC(=O)N1CCCc2[nH]ncc21)c1ncccc1O. The molecule has 3 rings (SSSR count). The molecule has 0 saturated heterocycles. The average molecular weight is 301 g/mol. The van der Waals surface area contributed by atoms with Crippen molar-refractivity contribution in [2.75, 3.05) is 18.0 Å². The molecular formula is C14H15N5O3. The van der Waals surface area contributed by atoms with Crippen LogP contribution in [0.2, 0.25) is 0 Å². The Morgan fingerprint density at radius 2 is 2.32 bits per heavy atom. The molecule has 2 amide bonds. The Balaban J connectivity index is 1.64. The smallest absolute Gasteiger partial charge is 0.274 e. The molecule has 0 bridgehead atoms. The van der Waals surface area contributed by atoms with Crippen molar-refractivity contribution in [3.05, 3.63) is 35.9 Å². The Bertz CT molecular complexity index is 712. The number of nitrogens with zero attached hydrogens (tertiary/aromatic N) is 3. The first kappa shape index (κ1) is 14.1. The molecule has 22 heavy (non-hydrogen) atoms. The maximum absolute atomic E-state index is 12.3. The number of aromatic nitrogens is 3. The third kappa shape index (κ3) is 2.62. The van der Waals surface area contributed by atoms with Crippen molar-refractivity contribution in [1.82, 2.24) is 20.5 Å². The zero-order chi connectivity index (χ0) is 15.5. The fourth-order valence-corrected chi connectivity index (χ4v) is 2.42. The summed E-state index contributed by atoms with van der Waals surface area (Å²) in [5.74, 6) is -1.04. The summed E-state index contributed by atoms with van der Waals surface area (Å²) in [6.45, 7) is 0.426. The van der Waals surface area contributed by atoms with Crippen LogP contribution in [0.4, 0.5) is 5.69 Å². The van der Waals surface area contributed by atoms with Crippen LogP contribution >= 0.6 is 0 Å². The highest BCUT2D eigenvalue weighted by Gasteiger charge is 2.24. The second kappa shape index (κ2) is 5.84. The fourth-order valence-electron chi connectivity index (χ4n) is 2.42. The van der Waals surface area contributed by atoms with Gasteiger partial charge in [0.15, 0.2) is 5.69 Å². The zero-order valence-electron chi connectivity index (χ0n) is 11.7. The van der Waals surface area contributed by atoms with Crippen molar-refractivity contribution in [2.24, 2.45) is 0 Å². The van der Waals surface area contributed by atoms with Gasteiger partial charge in [0.05, 0.1) is 24.1 Å². The summed E-state index contributed by atoms with van der Waals surface area (Å²) in [5.41, 5.74) is 1.58. The molecule has 0 unspecified atom stereocenters. The third-order valence-electron chi connectivity index (χ3n) is 3.50. The lowest BCUT2D eigenvalue weighted by Gasteiger charge is -2.26. The lowest BCUT2D eigenvalue weighted by Crippen LogP contribution is -2.42. The maximum atomic E-state index is 12.3. The second-order valence-corrected chi connectivity index (χ2v) is 4.94. The minimum absolute atomic E-state index is 0.0991. The van der Waals surface area contributed by atoms with E-state index in [9.17, 15) is 14.7 Å². The fraction of sp³-hybridized carbons (Fsp3) is 0.286. The minimum atomic E-state index is -0.587. The highest BCUT2D eigenvalue weighted by Crippen LogP contribution is 2.24. The van der Waals surface area contributed by atoms with Crippen molar-refractivity contribution in [2.45, 2.75) is 12.8 Å². The predicted octanol–water partition coefficient (Wildman–Crippen LogP) is 0.219. The van der Waals surface area contributed by atoms with E-state index in [1.54, 1.807) is 11.1 Å². The first-order chi connectivity index (χ1) is 10.7. The lowest BCUT2D eigenvalue weighted by atomic mass is 10.1. The van der Waals surface area contributed by atoms with Crippen molar-refractivity contribution in [1.29, 1.82) is 0 Å². The zero-order valence-corrected chi connectivity index (χ0v) is 11.7. The van der Waals surface area contributed by atoms with Crippen molar-refractivity contribution >= 4 is 17.5 Å². The average Bonchev–Trinajstić information content (AvgIpc) is 3.01. The molecule has 0 aromatic carbocycles. The molecule has 114 valence electrons. The number of anilines is 1. The Morgan fingerprint density at radius 3 is 3.14 bits per heavy atom. The van der Waals surface area contributed by atoms with Crippen LogP contribution in [-0.2, 0) is 11.2 Å². The van der Waals surface area contributed by atoms with E-state index in [1.165, 1.54) is 18.3 Å². The molecule has 2 aromatic heterocycles. The number of hydrogen-bond donors (Lipinski definition) is 3. The molecule has 0 radical (unpaired) electrons. The number of nitrogens with one attached hydrogen (secondary N) is 2. The van der Waals surface area contributed by atoms with Crippen LogP contribution < -0.4 is 10.2 Å². The van der Waals surface area contributed by atoms with Crippen LogP contribution in [0.1, 0.15) is 22.6 Å². The Morgan fingerprint density at radius 1 is 1.45 bits per heavy atom. The number of pyridine rings is 1. The van der Waals surface area contributed by atoms with Gasteiger partial charge in [-0.2, -0.15) is 5.10 Å². The molecule has 0 spiro atoms. The van der Waals surface area contributed by atoms with Gasteiger partial charge < -0.3 is 15.3 Å². The van der Waals surface area contributed by atoms with Gasteiger partial charge >= 0.3 is 0 Å². The predicted molar refractivity (Wildman–Crippen MR) is 77.5 cm³/mol. The number of amides is 2. The van der Waals surface area contributed by atoms with Gasteiger partial charge in [-0.1, -0.05) is 0 Å². The van der Waals surface area contributed by atoms with E-state index in [1.807, 2.05) is 0 Å². The van der Waals surface area contributed by atoms with E-state index in [2.05, 4.69) is 20.5 Å². The van der Waals surface area contributed by atoms with E-state index in [-0.39, 0.29) is 23.9 Å². The third-order valence-corrected chi connectivity index (χ3v) is 3.50. The number of aromatic hydroxyl groups is 1. The lowest BCUT2D eigenvalue weighted by molar-refractivity contribution is -0.117. The Kier molecular flexibility index (Phi) is 3.73. The normalized spacial score (nSPS) is 13.5. The van der Waals surface area contributed by atoms with E-state index in [4.69, 9.17) is 0 Å². The summed E-state index contributed by atoms with van der Waals surface area (Å²) in [4.78, 5) is 29.6. The summed E-state index contributed by atoms with van der Waals surface area (Å²) in [6.07, 6.45) is 4.71. The Labute approximate surface area is 126 Å². The summed E-state index contributed by atoms with van der Waals surface area (Å²) >= 11 is 0. The van der Waals surface area contributed by atoms with E-state index >= 15 is 0 Å². The number of aryl methyl sites for hydroxylation is 1. The quantitative estimate of drug-likeness (QED) is 0.751. The minimum Gasteiger partial charge on any atom is -0.505 e. The van der Waals surface area contributed by atoms with Crippen molar-refractivity contribution in [3.8, 4) is 5.75 Å². The number of carbonyl (C=O) groups is 2. The van der Waals surface area contributed by atoms with Crippen molar-refractivity contribution in [3.63, 3.8) is 0 Å². The van der Waals surface area contributed by atoms with Gasteiger partial charge in [-0.3, -0.25) is 14.7 Å². The molecule has 0 atom stereocenters. The van der Waals surface area contributed by atoms with Gasteiger partial charge in [0.1, 0.15) is 5.75 Å². The monoisotopic (exact) mass is 301 g/mol. The van der Waals surface area contributed by atoms with Crippen LogP contribution in [0, 0.1) is 0 Å². The number of carbonyl (C=O) groups excluding carboxylic acids is 2. The highest BCUT2D eigenvalue weighted by atomic mass is 16.3. The molecular weight excluding hydrogens is 286 g/mol. The molecule has 8 nitrogen and oxygen atoms in total. The van der Waals surface area contributed by atoms with Gasteiger partial charge in [0.2, 0.25) is 5.91 Å². The molecule has 0 saturated carbocycles. The van der Waals surface area contributed by atoms with E-state index in [0.717, 1.165) is 24.2 Å². The van der Waals surface area contributed by atoms with E-state index < -0.39 is 5.91 Å². The summed E-state index contributed by atoms with van der Waals surface area (Å²) in [6, 6.07) is 2.89. The van der Waals surface area contributed by atoms with Crippen LogP contribution in [-0.4, -0.2) is 45.2 Å².